The first-order valence-corrected chi connectivity index (χ1v) is 6.01. The summed E-state index contributed by atoms with van der Waals surface area (Å²) >= 11 is 0. The summed E-state index contributed by atoms with van der Waals surface area (Å²) in [6, 6.07) is 0. The summed E-state index contributed by atoms with van der Waals surface area (Å²) in [6.45, 7) is 4.49. The Balaban J connectivity index is 2.26. The molecule has 0 aliphatic carbocycles. The summed E-state index contributed by atoms with van der Waals surface area (Å²) < 4.78 is 14.1. The van der Waals surface area contributed by atoms with E-state index in [9.17, 15) is 9.18 Å². The highest BCUT2D eigenvalue weighted by Gasteiger charge is 2.36. The van der Waals surface area contributed by atoms with Gasteiger partial charge in [-0.3, -0.25) is 4.79 Å². The molecular weight excluding hydrogens is 237 g/mol. The van der Waals surface area contributed by atoms with E-state index in [4.69, 9.17) is 5.11 Å². The Morgan fingerprint density at radius 2 is 2.28 bits per heavy atom. The lowest BCUT2D eigenvalue weighted by Gasteiger charge is -2.18. The fourth-order valence-electron chi connectivity index (χ4n) is 2.32. The zero-order valence-electron chi connectivity index (χ0n) is 10.4. The first kappa shape index (κ1) is 12.7. The third-order valence-corrected chi connectivity index (χ3v) is 3.41. The fraction of sp³-hybridized carbons (Fsp3) is 0.583. The second-order valence-corrected chi connectivity index (χ2v) is 4.64. The Bertz CT molecular complexity index is 467. The molecule has 0 amide bonds. The topological polar surface area (TPSA) is 66.3 Å². The van der Waals surface area contributed by atoms with E-state index in [1.54, 1.807) is 4.90 Å². The second-order valence-electron chi connectivity index (χ2n) is 4.64. The van der Waals surface area contributed by atoms with Gasteiger partial charge in [0.1, 0.15) is 6.33 Å². The molecule has 1 saturated heterocycles. The number of aromatic nitrogens is 2. The minimum Gasteiger partial charge on any atom is -0.481 e. The Labute approximate surface area is 105 Å². The van der Waals surface area contributed by atoms with Gasteiger partial charge in [-0.05, 0) is 12.3 Å². The molecular formula is C12H16FN3O2. The third-order valence-electron chi connectivity index (χ3n) is 3.41. The summed E-state index contributed by atoms with van der Waals surface area (Å²) in [5, 5.41) is 9.07. The molecule has 1 N–H and O–H groups in total. The molecule has 18 heavy (non-hydrogen) atoms. The number of carboxylic acids is 1. The number of aliphatic carboxylic acids is 1. The van der Waals surface area contributed by atoms with Crippen LogP contribution >= 0.6 is 0 Å². The quantitative estimate of drug-likeness (QED) is 0.880. The Morgan fingerprint density at radius 1 is 1.56 bits per heavy atom. The summed E-state index contributed by atoms with van der Waals surface area (Å²) in [5.41, 5.74) is 0.367. The maximum absolute atomic E-state index is 14.1. The largest absolute Gasteiger partial charge is 0.481 e. The van der Waals surface area contributed by atoms with Crippen molar-refractivity contribution in [3.8, 4) is 0 Å². The number of hydrogen-bond acceptors (Lipinski definition) is 4. The van der Waals surface area contributed by atoms with E-state index in [2.05, 4.69) is 9.97 Å². The van der Waals surface area contributed by atoms with E-state index in [1.807, 2.05) is 13.8 Å². The van der Waals surface area contributed by atoms with Crippen molar-refractivity contribution in [3.05, 3.63) is 17.8 Å². The van der Waals surface area contributed by atoms with Crippen LogP contribution in [-0.4, -0.2) is 34.1 Å². The lowest BCUT2D eigenvalue weighted by atomic mass is 9.99. The van der Waals surface area contributed by atoms with Crippen molar-refractivity contribution in [1.82, 2.24) is 9.97 Å². The van der Waals surface area contributed by atoms with Crippen molar-refractivity contribution < 1.29 is 14.3 Å². The molecule has 1 aromatic rings. The van der Waals surface area contributed by atoms with E-state index in [-0.39, 0.29) is 11.7 Å². The minimum absolute atomic E-state index is 0.0121. The van der Waals surface area contributed by atoms with E-state index in [1.165, 1.54) is 6.33 Å². The van der Waals surface area contributed by atoms with Gasteiger partial charge in [-0.25, -0.2) is 14.4 Å². The average molecular weight is 253 g/mol. The van der Waals surface area contributed by atoms with Crippen LogP contribution in [0.3, 0.4) is 0 Å². The van der Waals surface area contributed by atoms with Gasteiger partial charge in [0.05, 0.1) is 11.6 Å². The number of rotatable bonds is 3. The molecule has 0 spiro atoms. The second kappa shape index (κ2) is 4.88. The first-order valence-electron chi connectivity index (χ1n) is 6.01. The SMILES string of the molecule is CCc1ncnc(N2C[C@@H](C)[C@H](C(=O)O)C2)c1F. The van der Waals surface area contributed by atoms with Gasteiger partial charge in [0.15, 0.2) is 11.6 Å². The molecule has 98 valence electrons. The zero-order chi connectivity index (χ0) is 13.3. The van der Waals surface area contributed by atoms with Crippen LogP contribution in [0.5, 0.6) is 0 Å². The van der Waals surface area contributed by atoms with Crippen LogP contribution in [0.4, 0.5) is 10.2 Å². The molecule has 6 heteroatoms. The lowest BCUT2D eigenvalue weighted by molar-refractivity contribution is -0.142. The number of halogens is 1. The van der Waals surface area contributed by atoms with Gasteiger partial charge < -0.3 is 10.0 Å². The molecule has 5 nitrogen and oxygen atoms in total. The Kier molecular flexibility index (Phi) is 3.45. The minimum atomic E-state index is -0.838. The maximum Gasteiger partial charge on any atom is 0.308 e. The smallest absolute Gasteiger partial charge is 0.308 e. The van der Waals surface area contributed by atoms with Crippen molar-refractivity contribution in [2.75, 3.05) is 18.0 Å². The normalized spacial score (nSPS) is 23.4. The molecule has 0 bridgehead atoms. The average Bonchev–Trinajstić information content (AvgIpc) is 2.71. The van der Waals surface area contributed by atoms with Crippen LogP contribution in [0, 0.1) is 17.7 Å². The van der Waals surface area contributed by atoms with Gasteiger partial charge in [0.2, 0.25) is 0 Å². The van der Waals surface area contributed by atoms with Crippen LogP contribution in [0.25, 0.3) is 0 Å². The highest BCUT2D eigenvalue weighted by Crippen LogP contribution is 2.29. The molecule has 1 aromatic heterocycles. The Hall–Kier alpha value is -1.72. The highest BCUT2D eigenvalue weighted by molar-refractivity contribution is 5.72. The lowest BCUT2D eigenvalue weighted by Crippen LogP contribution is -2.25. The molecule has 2 heterocycles. The number of carboxylic acid groups (broad SMARTS) is 1. The molecule has 1 aliphatic rings. The van der Waals surface area contributed by atoms with Gasteiger partial charge in [0, 0.05) is 13.1 Å². The van der Waals surface area contributed by atoms with Gasteiger partial charge in [0.25, 0.3) is 0 Å². The van der Waals surface area contributed by atoms with Crippen molar-refractivity contribution in [1.29, 1.82) is 0 Å². The first-order chi connectivity index (χ1) is 8.54. The van der Waals surface area contributed by atoms with Gasteiger partial charge >= 0.3 is 5.97 Å². The van der Waals surface area contributed by atoms with E-state index in [0.717, 1.165) is 0 Å². The predicted octanol–water partition coefficient (Wildman–Crippen LogP) is 1.33. The van der Waals surface area contributed by atoms with Crippen LogP contribution < -0.4 is 4.90 Å². The summed E-state index contributed by atoms with van der Waals surface area (Å²) in [7, 11) is 0. The summed E-state index contributed by atoms with van der Waals surface area (Å²) in [5.74, 6) is -1.53. The van der Waals surface area contributed by atoms with Crippen LogP contribution in [0.1, 0.15) is 19.5 Å². The number of aryl methyl sites for hydroxylation is 1. The van der Waals surface area contributed by atoms with Crippen LogP contribution in [-0.2, 0) is 11.2 Å². The zero-order valence-corrected chi connectivity index (χ0v) is 10.4. The number of nitrogens with zero attached hydrogens (tertiary/aromatic N) is 3. The van der Waals surface area contributed by atoms with Crippen molar-refractivity contribution in [2.24, 2.45) is 11.8 Å². The molecule has 1 aliphatic heterocycles. The number of hydrogen-bond donors (Lipinski definition) is 1. The van der Waals surface area contributed by atoms with Crippen molar-refractivity contribution in [3.63, 3.8) is 0 Å². The summed E-state index contributed by atoms with van der Waals surface area (Å²) in [6.07, 6.45) is 1.82. The monoisotopic (exact) mass is 253 g/mol. The number of anilines is 1. The Morgan fingerprint density at radius 3 is 2.83 bits per heavy atom. The van der Waals surface area contributed by atoms with Crippen LogP contribution in [0.15, 0.2) is 6.33 Å². The molecule has 0 saturated carbocycles. The summed E-state index contributed by atoms with van der Waals surface area (Å²) in [4.78, 5) is 20.6. The predicted molar refractivity (Wildman–Crippen MR) is 63.9 cm³/mol. The van der Waals surface area contributed by atoms with Gasteiger partial charge in [-0.1, -0.05) is 13.8 Å². The molecule has 2 rings (SSSR count). The third kappa shape index (κ3) is 2.14. The van der Waals surface area contributed by atoms with E-state index < -0.39 is 17.7 Å². The fourth-order valence-corrected chi connectivity index (χ4v) is 2.32. The molecule has 0 unspecified atom stereocenters. The molecule has 1 fully saturated rings. The molecule has 0 aromatic carbocycles. The molecule has 2 atom stereocenters. The van der Waals surface area contributed by atoms with Crippen molar-refractivity contribution in [2.45, 2.75) is 20.3 Å². The highest BCUT2D eigenvalue weighted by atomic mass is 19.1. The van der Waals surface area contributed by atoms with Gasteiger partial charge in [-0.2, -0.15) is 0 Å². The van der Waals surface area contributed by atoms with Gasteiger partial charge in [-0.15, -0.1) is 0 Å². The molecule has 0 radical (unpaired) electrons. The van der Waals surface area contributed by atoms with Crippen molar-refractivity contribution >= 4 is 11.8 Å². The van der Waals surface area contributed by atoms with E-state index in [0.29, 0.717) is 25.2 Å². The van der Waals surface area contributed by atoms with Crippen LogP contribution in [0.2, 0.25) is 0 Å². The standard InChI is InChI=1S/C12H16FN3O2/c1-3-9-10(13)11(15-6-14-9)16-4-7(2)8(5-16)12(17)18/h6-8H,3-5H2,1-2H3,(H,17,18)/t7-,8-/m1/s1. The maximum atomic E-state index is 14.1. The van der Waals surface area contributed by atoms with E-state index >= 15 is 0 Å². The number of carbonyl (C=O) groups is 1.